The maximum atomic E-state index is 10.9. The Morgan fingerprint density at radius 3 is 1.80 bits per heavy atom. The van der Waals surface area contributed by atoms with E-state index in [0.29, 0.717) is 6.42 Å². The van der Waals surface area contributed by atoms with Crippen LogP contribution >= 0.6 is 0 Å². The average molecular weight is 515 g/mol. The van der Waals surface area contributed by atoms with E-state index >= 15 is 0 Å². The molecule has 0 aliphatic carbocycles. The van der Waals surface area contributed by atoms with Crippen molar-refractivity contribution in [3.63, 3.8) is 0 Å². The van der Waals surface area contributed by atoms with Gasteiger partial charge in [0, 0.05) is 6.61 Å². The normalized spacial score (nSPS) is 51.3. The highest BCUT2D eigenvalue weighted by Crippen LogP contribution is 2.32. The van der Waals surface area contributed by atoms with Gasteiger partial charge in [0.2, 0.25) is 0 Å². The first-order valence-corrected chi connectivity index (χ1v) is 11.8. The van der Waals surface area contributed by atoms with E-state index in [4.69, 9.17) is 28.4 Å². The molecule has 0 unspecified atom stereocenters. The second-order valence-electron chi connectivity index (χ2n) is 9.15. The first-order chi connectivity index (χ1) is 16.5. The van der Waals surface area contributed by atoms with Crippen LogP contribution in [-0.4, -0.2) is 146 Å². The molecule has 3 aliphatic rings. The Morgan fingerprint density at radius 1 is 0.600 bits per heavy atom. The monoisotopic (exact) mass is 514 g/mol. The van der Waals surface area contributed by atoms with Crippen LogP contribution in [0.25, 0.3) is 0 Å². The van der Waals surface area contributed by atoms with Crippen molar-refractivity contribution in [1.82, 2.24) is 0 Å². The molecule has 3 aliphatic heterocycles. The van der Waals surface area contributed by atoms with Gasteiger partial charge in [0.15, 0.2) is 18.9 Å². The third-order valence-corrected chi connectivity index (χ3v) is 6.48. The average Bonchev–Trinajstić information content (AvgIpc) is 2.83. The first-order valence-electron chi connectivity index (χ1n) is 11.8. The van der Waals surface area contributed by atoms with Crippen molar-refractivity contribution in [1.29, 1.82) is 0 Å². The van der Waals surface area contributed by atoms with Gasteiger partial charge in [0.05, 0.1) is 18.8 Å². The molecule has 14 nitrogen and oxygen atoms in total. The van der Waals surface area contributed by atoms with Crippen LogP contribution in [0.4, 0.5) is 0 Å². The van der Waals surface area contributed by atoms with Crippen molar-refractivity contribution in [3.05, 3.63) is 0 Å². The fraction of sp³-hybridized carbons (Fsp3) is 1.00. The smallest absolute Gasteiger partial charge is 0.187 e. The zero-order chi connectivity index (χ0) is 26.0. The highest BCUT2D eigenvalue weighted by atomic mass is 16.8. The molecule has 0 aromatic carbocycles. The molecule has 14 heteroatoms. The van der Waals surface area contributed by atoms with Crippen molar-refractivity contribution >= 4 is 0 Å². The Labute approximate surface area is 202 Å². The van der Waals surface area contributed by atoms with Crippen molar-refractivity contribution in [2.45, 2.75) is 119 Å². The third-order valence-electron chi connectivity index (χ3n) is 6.48. The minimum Gasteiger partial charge on any atom is -0.394 e. The predicted octanol–water partition coefficient (Wildman–Crippen LogP) is -4.08. The standard InChI is InChI=1S/C21H38O14/c1-4-5-30-21-18(14(27)10(23)7(2)32-21)35-20-16(29)17(11(24)8(3)31-20)34-19-15(28)13(26)12(25)9(6-22)33-19/h7-29H,4-6H2,1-3H3/t7-,8-,9+,10-,11-,12+,13-,14+,15+,16+,17+,18+,19+,20-,21+/m0/s1. The quantitative estimate of drug-likeness (QED) is 0.155. The number of hydrogen-bond acceptors (Lipinski definition) is 14. The van der Waals surface area contributed by atoms with E-state index in [1.807, 2.05) is 6.92 Å². The lowest BCUT2D eigenvalue weighted by Gasteiger charge is -2.47. The van der Waals surface area contributed by atoms with Gasteiger partial charge in [-0.25, -0.2) is 0 Å². The van der Waals surface area contributed by atoms with Crippen LogP contribution in [0, 0.1) is 0 Å². The lowest BCUT2D eigenvalue weighted by atomic mass is 9.96. The van der Waals surface area contributed by atoms with Gasteiger partial charge in [-0.05, 0) is 20.3 Å². The lowest BCUT2D eigenvalue weighted by Crippen LogP contribution is -2.65. The van der Waals surface area contributed by atoms with Gasteiger partial charge in [0.1, 0.15) is 61.0 Å². The molecule has 206 valence electrons. The molecule has 3 fully saturated rings. The summed E-state index contributed by atoms with van der Waals surface area (Å²) in [5.74, 6) is 0. The molecule has 35 heavy (non-hydrogen) atoms. The molecular formula is C21H38O14. The first kappa shape index (κ1) is 29.0. The molecule has 0 aromatic rings. The summed E-state index contributed by atoms with van der Waals surface area (Å²) in [7, 11) is 0. The molecule has 0 aromatic heterocycles. The Morgan fingerprint density at radius 2 is 1.17 bits per heavy atom. The zero-order valence-corrected chi connectivity index (χ0v) is 19.8. The summed E-state index contributed by atoms with van der Waals surface area (Å²) in [5.41, 5.74) is 0. The van der Waals surface area contributed by atoms with Crippen LogP contribution in [0.15, 0.2) is 0 Å². The maximum absolute atomic E-state index is 10.9. The van der Waals surface area contributed by atoms with E-state index in [2.05, 4.69) is 0 Å². The Hall–Kier alpha value is -0.560. The van der Waals surface area contributed by atoms with Gasteiger partial charge in [-0.2, -0.15) is 0 Å². The Bertz CT molecular complexity index is 654. The summed E-state index contributed by atoms with van der Waals surface area (Å²) in [6, 6.07) is 0. The molecule has 3 rings (SSSR count). The topological polar surface area (TPSA) is 217 Å². The minimum absolute atomic E-state index is 0.270. The highest BCUT2D eigenvalue weighted by Gasteiger charge is 2.52. The highest BCUT2D eigenvalue weighted by molar-refractivity contribution is 4.95. The summed E-state index contributed by atoms with van der Waals surface area (Å²) < 4.78 is 33.4. The number of aliphatic hydroxyl groups excluding tert-OH is 8. The Balaban J connectivity index is 1.75. The SMILES string of the molecule is CCCO[C@@H]1O[C@@H](C)[C@H](O)[C@@H](O)[C@H]1O[C@@H]1O[C@@H](C)[C@H](O)[C@@H](O[C@H]2O[C@H](CO)[C@@H](O)[C@H](O)[C@H]2O)[C@H]1O. The van der Waals surface area contributed by atoms with Gasteiger partial charge in [-0.15, -0.1) is 0 Å². The van der Waals surface area contributed by atoms with Crippen LogP contribution in [0.2, 0.25) is 0 Å². The van der Waals surface area contributed by atoms with E-state index in [-0.39, 0.29) is 6.61 Å². The third kappa shape index (κ3) is 6.13. The van der Waals surface area contributed by atoms with Crippen LogP contribution in [0.3, 0.4) is 0 Å². The van der Waals surface area contributed by atoms with E-state index in [9.17, 15) is 40.9 Å². The van der Waals surface area contributed by atoms with E-state index in [1.54, 1.807) is 6.92 Å². The zero-order valence-electron chi connectivity index (χ0n) is 19.8. The number of aliphatic hydroxyl groups is 8. The molecule has 3 heterocycles. The summed E-state index contributed by atoms with van der Waals surface area (Å²) in [4.78, 5) is 0. The second kappa shape index (κ2) is 12.3. The fourth-order valence-electron chi connectivity index (χ4n) is 4.27. The second-order valence-corrected chi connectivity index (χ2v) is 9.15. The van der Waals surface area contributed by atoms with Crippen LogP contribution in [0.5, 0.6) is 0 Å². The molecule has 0 bridgehead atoms. The molecule has 3 saturated heterocycles. The molecule has 0 radical (unpaired) electrons. The van der Waals surface area contributed by atoms with Crippen molar-refractivity contribution in [2.75, 3.05) is 13.2 Å². The summed E-state index contributed by atoms with van der Waals surface area (Å²) in [6.45, 7) is 4.47. The summed E-state index contributed by atoms with van der Waals surface area (Å²) in [6.07, 6.45) is -20.3. The van der Waals surface area contributed by atoms with Crippen molar-refractivity contribution < 1.29 is 69.3 Å². The van der Waals surface area contributed by atoms with Gasteiger partial charge in [-0.3, -0.25) is 0 Å². The molecule has 0 saturated carbocycles. The number of hydrogen-bond donors (Lipinski definition) is 8. The van der Waals surface area contributed by atoms with E-state index in [1.165, 1.54) is 6.92 Å². The molecule has 0 spiro atoms. The van der Waals surface area contributed by atoms with E-state index < -0.39 is 98.7 Å². The minimum atomic E-state index is -1.76. The van der Waals surface area contributed by atoms with Crippen molar-refractivity contribution in [3.8, 4) is 0 Å². The molecule has 0 amide bonds. The Kier molecular flexibility index (Phi) is 10.2. The summed E-state index contributed by atoms with van der Waals surface area (Å²) >= 11 is 0. The fourth-order valence-corrected chi connectivity index (χ4v) is 4.27. The largest absolute Gasteiger partial charge is 0.394 e. The lowest BCUT2D eigenvalue weighted by molar-refractivity contribution is -0.381. The van der Waals surface area contributed by atoms with Gasteiger partial charge in [-0.1, -0.05) is 6.92 Å². The van der Waals surface area contributed by atoms with Crippen LogP contribution < -0.4 is 0 Å². The predicted molar refractivity (Wildman–Crippen MR) is 112 cm³/mol. The van der Waals surface area contributed by atoms with Gasteiger partial charge in [0.25, 0.3) is 0 Å². The van der Waals surface area contributed by atoms with Crippen LogP contribution in [-0.2, 0) is 28.4 Å². The molecular weight excluding hydrogens is 476 g/mol. The summed E-state index contributed by atoms with van der Waals surface area (Å²) in [5, 5.41) is 81.9. The van der Waals surface area contributed by atoms with Gasteiger partial charge < -0.3 is 69.3 Å². The number of rotatable bonds is 8. The maximum Gasteiger partial charge on any atom is 0.187 e. The van der Waals surface area contributed by atoms with Gasteiger partial charge >= 0.3 is 0 Å². The van der Waals surface area contributed by atoms with E-state index in [0.717, 1.165) is 0 Å². The molecule has 8 N–H and O–H groups in total. The molecule has 15 atom stereocenters. The van der Waals surface area contributed by atoms with Crippen molar-refractivity contribution in [2.24, 2.45) is 0 Å². The van der Waals surface area contributed by atoms with Crippen LogP contribution in [0.1, 0.15) is 27.2 Å². The number of ether oxygens (including phenoxy) is 6.